The van der Waals surface area contributed by atoms with E-state index in [-0.39, 0.29) is 0 Å². The zero-order chi connectivity index (χ0) is 26.3. The van der Waals surface area contributed by atoms with E-state index in [4.69, 9.17) is 22.5 Å². The minimum Gasteiger partial charge on any atom is -0.325 e. The van der Waals surface area contributed by atoms with Gasteiger partial charge in [0.1, 0.15) is 6.54 Å². The molecule has 0 heterocycles. The summed E-state index contributed by atoms with van der Waals surface area (Å²) in [5.74, 6) is 0. The largest absolute Gasteiger partial charge is 0.325 e. The standard InChI is InChI=1S/C25H46N.C7H7Cl2P/c1-4-5-6-7-8-9-10-11-12-13-14-15-16-20-23-26(2,3)24-25-21-18-17-19-22-25;8-10(9)6-7-4-2-1-3-5-7/h17-19,21-22H,4-16,20,23-24H2,1-3H3;1-5H,6H2/q+1;. The molecule has 0 radical (unpaired) electrons. The number of halogens is 2. The van der Waals surface area contributed by atoms with E-state index in [1.807, 2.05) is 30.3 Å². The molecular weight excluding hydrogens is 500 g/mol. The molecule has 0 saturated heterocycles. The van der Waals surface area contributed by atoms with Crippen molar-refractivity contribution >= 4 is 29.1 Å². The van der Waals surface area contributed by atoms with Gasteiger partial charge in [-0.3, -0.25) is 0 Å². The Balaban J connectivity index is 0.000000537. The second-order valence-electron chi connectivity index (χ2n) is 10.8. The number of nitrogens with zero attached hydrogens (tertiary/aromatic N) is 1. The quantitative estimate of drug-likeness (QED) is 0.0922. The van der Waals surface area contributed by atoms with Crippen LogP contribution in [0.2, 0.25) is 0 Å². The summed E-state index contributed by atoms with van der Waals surface area (Å²) in [5, 5.41) is 0. The molecule has 0 atom stereocenters. The maximum absolute atomic E-state index is 5.64. The Morgan fingerprint density at radius 3 is 1.36 bits per heavy atom. The molecule has 0 saturated carbocycles. The number of unbranched alkanes of at least 4 members (excludes halogenated alkanes) is 13. The van der Waals surface area contributed by atoms with Crippen molar-refractivity contribution in [2.45, 2.75) is 110 Å². The van der Waals surface area contributed by atoms with Crippen LogP contribution < -0.4 is 0 Å². The summed E-state index contributed by atoms with van der Waals surface area (Å²) in [7, 11) is 4.74. The zero-order valence-corrected chi connectivity index (χ0v) is 25.9. The van der Waals surface area contributed by atoms with Gasteiger partial charge in [0.05, 0.1) is 27.3 Å². The van der Waals surface area contributed by atoms with Crippen LogP contribution in [0.25, 0.3) is 0 Å². The van der Waals surface area contributed by atoms with Crippen LogP contribution in [-0.2, 0) is 12.7 Å². The number of hydrogen-bond donors (Lipinski definition) is 0. The Morgan fingerprint density at radius 2 is 0.944 bits per heavy atom. The molecule has 0 bridgehead atoms. The summed E-state index contributed by atoms with van der Waals surface area (Å²) in [5.41, 5.74) is 2.67. The van der Waals surface area contributed by atoms with Crippen molar-refractivity contribution < 1.29 is 4.48 Å². The summed E-state index contributed by atoms with van der Waals surface area (Å²) in [6.45, 7) is 3.91. The lowest BCUT2D eigenvalue weighted by Gasteiger charge is -2.30. The summed E-state index contributed by atoms with van der Waals surface area (Å²) in [6.07, 6.45) is 21.0. The highest BCUT2D eigenvalue weighted by Gasteiger charge is 2.14. The third-order valence-electron chi connectivity index (χ3n) is 6.72. The maximum Gasteiger partial charge on any atom is 0.104 e. The van der Waals surface area contributed by atoms with E-state index in [9.17, 15) is 0 Å². The minimum atomic E-state index is -0.832. The lowest BCUT2D eigenvalue weighted by Crippen LogP contribution is -2.39. The lowest BCUT2D eigenvalue weighted by atomic mass is 10.0. The molecular formula is C32H53Cl2NP+. The van der Waals surface area contributed by atoms with E-state index in [1.165, 1.54) is 108 Å². The fourth-order valence-electron chi connectivity index (χ4n) is 4.61. The van der Waals surface area contributed by atoms with Crippen LogP contribution in [0.4, 0.5) is 0 Å². The van der Waals surface area contributed by atoms with Crippen LogP contribution in [-0.4, -0.2) is 25.1 Å². The van der Waals surface area contributed by atoms with E-state index in [0.717, 1.165) is 17.2 Å². The summed E-state index contributed by atoms with van der Waals surface area (Å²) in [4.78, 5) is 0. The Morgan fingerprint density at radius 1 is 0.556 bits per heavy atom. The van der Waals surface area contributed by atoms with Crippen molar-refractivity contribution in [1.82, 2.24) is 0 Å². The topological polar surface area (TPSA) is 0 Å². The number of rotatable bonds is 19. The van der Waals surface area contributed by atoms with Gasteiger partial charge in [-0.2, -0.15) is 0 Å². The third kappa shape index (κ3) is 20.5. The summed E-state index contributed by atoms with van der Waals surface area (Å²) in [6, 6.07) is 20.9. The van der Waals surface area contributed by atoms with Gasteiger partial charge in [0.15, 0.2) is 0 Å². The molecule has 0 aliphatic carbocycles. The Bertz CT molecular complexity index is 721. The first-order valence-electron chi connectivity index (χ1n) is 14.4. The van der Waals surface area contributed by atoms with Gasteiger partial charge in [0.25, 0.3) is 0 Å². The SMILES string of the molecule is CCCCCCCCCCCCCCCC[N+](C)(C)Cc1ccccc1.ClP(Cl)Cc1ccccc1. The van der Waals surface area contributed by atoms with Gasteiger partial charge in [-0.15, -0.1) is 0 Å². The van der Waals surface area contributed by atoms with Crippen LogP contribution in [0.15, 0.2) is 60.7 Å². The highest BCUT2D eigenvalue weighted by molar-refractivity contribution is 8.03. The highest BCUT2D eigenvalue weighted by Crippen LogP contribution is 2.49. The summed E-state index contributed by atoms with van der Waals surface area (Å²) < 4.78 is 1.11. The van der Waals surface area contributed by atoms with E-state index in [1.54, 1.807) is 0 Å². The molecule has 0 fully saturated rings. The molecule has 0 unspecified atom stereocenters. The number of hydrogen-bond acceptors (Lipinski definition) is 0. The molecule has 0 aromatic heterocycles. The molecule has 2 rings (SSSR count). The van der Waals surface area contributed by atoms with Gasteiger partial charge in [0, 0.05) is 11.7 Å². The molecule has 0 amide bonds. The van der Waals surface area contributed by atoms with Crippen LogP contribution in [0.3, 0.4) is 0 Å². The van der Waals surface area contributed by atoms with Crippen molar-refractivity contribution in [2.24, 2.45) is 0 Å². The van der Waals surface area contributed by atoms with E-state index in [2.05, 4.69) is 51.4 Å². The molecule has 0 spiro atoms. The first-order valence-corrected chi connectivity index (χ1v) is 17.8. The number of quaternary nitrogens is 1. The van der Waals surface area contributed by atoms with Gasteiger partial charge >= 0.3 is 0 Å². The fraction of sp³-hybridized carbons (Fsp3) is 0.625. The molecule has 0 aliphatic rings. The molecule has 2 aromatic rings. The Hall–Kier alpha value is -0.590. The minimum absolute atomic E-state index is 0.791. The average Bonchev–Trinajstić information content (AvgIpc) is 2.85. The Labute approximate surface area is 234 Å². The molecule has 36 heavy (non-hydrogen) atoms. The second-order valence-corrected chi connectivity index (χ2v) is 14.7. The van der Waals surface area contributed by atoms with Crippen LogP contribution in [0.5, 0.6) is 0 Å². The van der Waals surface area contributed by atoms with Crippen molar-refractivity contribution in [3.63, 3.8) is 0 Å². The van der Waals surface area contributed by atoms with Gasteiger partial charge in [-0.1, -0.05) is 167 Å². The van der Waals surface area contributed by atoms with Crippen molar-refractivity contribution in [3.8, 4) is 0 Å². The van der Waals surface area contributed by atoms with Crippen LogP contribution in [0.1, 0.15) is 108 Å². The molecule has 204 valence electrons. The molecule has 0 N–H and O–H groups in total. The zero-order valence-electron chi connectivity index (χ0n) is 23.4. The molecule has 1 nitrogen and oxygen atoms in total. The third-order valence-corrected chi connectivity index (χ3v) is 8.04. The van der Waals surface area contributed by atoms with Crippen molar-refractivity contribution in [3.05, 3.63) is 71.8 Å². The Kier molecular flexibility index (Phi) is 20.8. The molecule has 0 aliphatic heterocycles. The predicted octanol–water partition coefficient (Wildman–Crippen LogP) is 11.7. The van der Waals surface area contributed by atoms with Crippen LogP contribution in [0, 0.1) is 0 Å². The number of benzene rings is 2. The van der Waals surface area contributed by atoms with Gasteiger partial charge < -0.3 is 4.48 Å². The van der Waals surface area contributed by atoms with Gasteiger partial charge in [0.2, 0.25) is 0 Å². The average molecular weight is 554 g/mol. The monoisotopic (exact) mass is 552 g/mol. The van der Waals surface area contributed by atoms with Crippen molar-refractivity contribution in [1.29, 1.82) is 0 Å². The predicted molar refractivity (Wildman–Crippen MR) is 166 cm³/mol. The highest BCUT2D eigenvalue weighted by atomic mass is 35.9. The van der Waals surface area contributed by atoms with E-state index in [0.29, 0.717) is 0 Å². The lowest BCUT2D eigenvalue weighted by molar-refractivity contribution is -0.903. The first-order chi connectivity index (χ1) is 17.4. The van der Waals surface area contributed by atoms with Crippen molar-refractivity contribution in [2.75, 3.05) is 20.6 Å². The summed E-state index contributed by atoms with van der Waals surface area (Å²) >= 11 is 11.3. The normalized spacial score (nSPS) is 11.4. The fourth-order valence-corrected chi connectivity index (χ4v) is 5.93. The molecule has 4 heteroatoms. The van der Waals surface area contributed by atoms with Gasteiger partial charge in [-0.05, 0) is 18.4 Å². The second kappa shape index (κ2) is 22.4. The first kappa shape index (κ1) is 33.4. The molecule has 2 aromatic carbocycles. The van der Waals surface area contributed by atoms with Crippen LogP contribution >= 0.6 is 29.1 Å². The van der Waals surface area contributed by atoms with E-state index < -0.39 is 6.63 Å². The van der Waals surface area contributed by atoms with Gasteiger partial charge in [-0.25, -0.2) is 0 Å². The smallest absolute Gasteiger partial charge is 0.104 e. The maximum atomic E-state index is 5.64. The van der Waals surface area contributed by atoms with E-state index >= 15 is 0 Å².